The van der Waals surface area contributed by atoms with E-state index in [2.05, 4.69) is 5.32 Å². The molecule has 1 amide bonds. The molecule has 1 heterocycles. The maximum absolute atomic E-state index is 11.9. The number of carbonyl (C=O) groups excluding carboxylic acids is 1. The van der Waals surface area contributed by atoms with E-state index in [0.717, 1.165) is 5.69 Å². The van der Waals surface area contributed by atoms with E-state index < -0.39 is 0 Å². The minimum atomic E-state index is -0.168. The fourth-order valence-corrected chi connectivity index (χ4v) is 1.80. The number of anilines is 1. The minimum Gasteiger partial charge on any atom is -0.398 e. The van der Waals surface area contributed by atoms with Gasteiger partial charge in [0.05, 0.1) is 17.3 Å². The second-order valence-corrected chi connectivity index (χ2v) is 4.44. The van der Waals surface area contributed by atoms with Gasteiger partial charge in [-0.25, -0.2) is 0 Å². The van der Waals surface area contributed by atoms with Crippen LogP contribution in [0.1, 0.15) is 16.1 Å². The maximum atomic E-state index is 11.9. The standard InChI is InChI=1S/C13H14ClN3O/c1-17-6-2-3-10(17)8-16-13(18)9-4-5-12(15)11(14)7-9/h2-7H,8,15H2,1H3,(H,16,18). The van der Waals surface area contributed by atoms with Crippen LogP contribution in [0.25, 0.3) is 0 Å². The van der Waals surface area contributed by atoms with E-state index >= 15 is 0 Å². The predicted molar refractivity (Wildman–Crippen MR) is 72.4 cm³/mol. The average Bonchev–Trinajstić information content (AvgIpc) is 2.75. The van der Waals surface area contributed by atoms with E-state index in [9.17, 15) is 4.79 Å². The Kier molecular flexibility index (Phi) is 3.58. The molecule has 0 aliphatic carbocycles. The van der Waals surface area contributed by atoms with Crippen LogP contribution in [0.2, 0.25) is 5.02 Å². The van der Waals surface area contributed by atoms with Gasteiger partial charge in [-0.05, 0) is 30.3 Å². The summed E-state index contributed by atoms with van der Waals surface area (Å²) in [5.41, 5.74) is 7.60. The second kappa shape index (κ2) is 5.14. The van der Waals surface area contributed by atoms with Gasteiger partial charge in [-0.2, -0.15) is 0 Å². The van der Waals surface area contributed by atoms with Crippen molar-refractivity contribution in [2.45, 2.75) is 6.54 Å². The second-order valence-electron chi connectivity index (χ2n) is 4.03. The summed E-state index contributed by atoms with van der Waals surface area (Å²) in [5.74, 6) is -0.168. The molecule has 0 fully saturated rings. The van der Waals surface area contributed by atoms with Gasteiger partial charge in [0.25, 0.3) is 5.91 Å². The number of nitrogens with two attached hydrogens (primary N) is 1. The third-order valence-corrected chi connectivity index (χ3v) is 3.07. The first-order valence-electron chi connectivity index (χ1n) is 5.51. The molecule has 1 aromatic heterocycles. The number of hydrogen-bond donors (Lipinski definition) is 2. The highest BCUT2D eigenvalue weighted by molar-refractivity contribution is 6.33. The number of nitrogens with one attached hydrogen (secondary N) is 1. The summed E-state index contributed by atoms with van der Waals surface area (Å²) in [4.78, 5) is 11.9. The highest BCUT2D eigenvalue weighted by Gasteiger charge is 2.08. The lowest BCUT2D eigenvalue weighted by atomic mass is 10.2. The molecule has 3 N–H and O–H groups in total. The lowest BCUT2D eigenvalue weighted by molar-refractivity contribution is 0.0950. The van der Waals surface area contributed by atoms with Crippen molar-refractivity contribution < 1.29 is 4.79 Å². The SMILES string of the molecule is Cn1cccc1CNC(=O)c1ccc(N)c(Cl)c1. The lowest BCUT2D eigenvalue weighted by Crippen LogP contribution is -2.23. The zero-order valence-corrected chi connectivity index (χ0v) is 10.7. The first kappa shape index (κ1) is 12.5. The summed E-state index contributed by atoms with van der Waals surface area (Å²) < 4.78 is 1.95. The van der Waals surface area contributed by atoms with Gasteiger partial charge < -0.3 is 15.6 Å². The van der Waals surface area contributed by atoms with Crippen LogP contribution in [0.15, 0.2) is 36.5 Å². The molecule has 1 aromatic carbocycles. The molecule has 5 heteroatoms. The van der Waals surface area contributed by atoms with Gasteiger partial charge in [0.2, 0.25) is 0 Å². The summed E-state index contributed by atoms with van der Waals surface area (Å²) in [5, 5.41) is 3.22. The molecule has 0 saturated carbocycles. The van der Waals surface area contributed by atoms with Gasteiger partial charge in [-0.15, -0.1) is 0 Å². The van der Waals surface area contributed by atoms with Gasteiger partial charge in [0.15, 0.2) is 0 Å². The summed E-state index contributed by atoms with van der Waals surface area (Å²) >= 11 is 5.87. The Bertz CT molecular complexity index is 577. The summed E-state index contributed by atoms with van der Waals surface area (Å²) in [6.45, 7) is 0.477. The van der Waals surface area contributed by atoms with Crippen LogP contribution >= 0.6 is 11.6 Å². The van der Waals surface area contributed by atoms with Crippen molar-refractivity contribution in [3.63, 3.8) is 0 Å². The normalized spacial score (nSPS) is 10.3. The van der Waals surface area contributed by atoms with Crippen molar-refractivity contribution in [2.75, 3.05) is 5.73 Å². The van der Waals surface area contributed by atoms with E-state index in [4.69, 9.17) is 17.3 Å². The van der Waals surface area contributed by atoms with Crippen LogP contribution in [0.4, 0.5) is 5.69 Å². The van der Waals surface area contributed by atoms with E-state index in [0.29, 0.717) is 22.8 Å². The van der Waals surface area contributed by atoms with E-state index in [1.165, 1.54) is 0 Å². The van der Waals surface area contributed by atoms with E-state index in [1.807, 2.05) is 29.9 Å². The van der Waals surface area contributed by atoms with Crippen LogP contribution < -0.4 is 11.1 Å². The predicted octanol–water partition coefficient (Wildman–Crippen LogP) is 2.19. The molecule has 0 atom stereocenters. The van der Waals surface area contributed by atoms with Gasteiger partial charge in [-0.3, -0.25) is 4.79 Å². The summed E-state index contributed by atoms with van der Waals surface area (Å²) in [6.07, 6.45) is 1.93. The molecule has 0 unspecified atom stereocenters. The number of rotatable bonds is 3. The molecule has 4 nitrogen and oxygen atoms in total. The van der Waals surface area contributed by atoms with Crippen molar-refractivity contribution in [1.29, 1.82) is 0 Å². The van der Waals surface area contributed by atoms with Crippen molar-refractivity contribution in [1.82, 2.24) is 9.88 Å². The Hall–Kier alpha value is -1.94. The number of carbonyl (C=O) groups is 1. The Balaban J connectivity index is 2.04. The molecule has 18 heavy (non-hydrogen) atoms. The summed E-state index contributed by atoms with van der Waals surface area (Å²) in [6, 6.07) is 8.73. The van der Waals surface area contributed by atoms with Gasteiger partial charge >= 0.3 is 0 Å². The molecule has 0 radical (unpaired) electrons. The zero-order valence-electron chi connectivity index (χ0n) is 9.98. The van der Waals surface area contributed by atoms with E-state index in [1.54, 1.807) is 18.2 Å². The molecule has 0 bridgehead atoms. The minimum absolute atomic E-state index is 0.168. The van der Waals surface area contributed by atoms with E-state index in [-0.39, 0.29) is 5.91 Å². The van der Waals surface area contributed by atoms with Crippen molar-refractivity contribution in [2.24, 2.45) is 7.05 Å². The van der Waals surface area contributed by atoms with Gasteiger partial charge in [0.1, 0.15) is 0 Å². The van der Waals surface area contributed by atoms with Crippen LogP contribution in [0.5, 0.6) is 0 Å². The van der Waals surface area contributed by atoms with Crippen molar-refractivity contribution >= 4 is 23.2 Å². The third-order valence-electron chi connectivity index (χ3n) is 2.74. The molecule has 0 aliphatic rings. The number of halogens is 1. The van der Waals surface area contributed by atoms with Gasteiger partial charge in [0, 0.05) is 24.5 Å². The number of hydrogen-bond acceptors (Lipinski definition) is 2. The number of nitrogen functional groups attached to an aromatic ring is 1. The highest BCUT2D eigenvalue weighted by atomic mass is 35.5. The Labute approximate surface area is 110 Å². The molecule has 0 aliphatic heterocycles. The van der Waals surface area contributed by atoms with Crippen molar-refractivity contribution in [3.8, 4) is 0 Å². The van der Waals surface area contributed by atoms with Gasteiger partial charge in [-0.1, -0.05) is 11.6 Å². The first-order valence-corrected chi connectivity index (χ1v) is 5.89. The fourth-order valence-electron chi connectivity index (χ4n) is 1.62. The number of benzene rings is 1. The molecular weight excluding hydrogens is 250 g/mol. The topological polar surface area (TPSA) is 60.0 Å². The third kappa shape index (κ3) is 2.65. The average molecular weight is 264 g/mol. The Morgan fingerprint density at radius 1 is 1.44 bits per heavy atom. The molecule has 2 aromatic rings. The number of aromatic nitrogens is 1. The molecule has 0 saturated heterocycles. The largest absolute Gasteiger partial charge is 0.398 e. The maximum Gasteiger partial charge on any atom is 0.251 e. The van der Waals surface area contributed by atoms with Crippen molar-refractivity contribution in [3.05, 3.63) is 52.8 Å². The zero-order chi connectivity index (χ0) is 13.1. The quantitative estimate of drug-likeness (QED) is 0.834. The highest BCUT2D eigenvalue weighted by Crippen LogP contribution is 2.19. The van der Waals surface area contributed by atoms with Crippen LogP contribution in [0, 0.1) is 0 Å². The number of nitrogens with zero attached hydrogens (tertiary/aromatic N) is 1. The van der Waals surface area contributed by atoms with Crippen LogP contribution in [-0.2, 0) is 13.6 Å². The number of aryl methyl sites for hydroxylation is 1. The van der Waals surface area contributed by atoms with Crippen LogP contribution in [0.3, 0.4) is 0 Å². The first-order chi connectivity index (χ1) is 8.58. The Morgan fingerprint density at radius 3 is 2.83 bits per heavy atom. The molecule has 2 rings (SSSR count). The number of amides is 1. The van der Waals surface area contributed by atoms with Crippen LogP contribution in [-0.4, -0.2) is 10.5 Å². The monoisotopic (exact) mass is 263 g/mol. The molecular formula is C13H14ClN3O. The lowest BCUT2D eigenvalue weighted by Gasteiger charge is -2.07. The fraction of sp³-hybridized carbons (Fsp3) is 0.154. The molecule has 94 valence electrons. The smallest absolute Gasteiger partial charge is 0.251 e. The Morgan fingerprint density at radius 2 is 2.22 bits per heavy atom. The molecule has 0 spiro atoms. The summed E-state index contributed by atoms with van der Waals surface area (Å²) in [7, 11) is 1.93.